The minimum Gasteiger partial charge on any atom is -0.458 e. The van der Waals surface area contributed by atoms with Crippen molar-refractivity contribution in [2.45, 2.75) is 82.0 Å². The van der Waals surface area contributed by atoms with Crippen molar-refractivity contribution >= 4 is 29.0 Å². The number of nitrogens with one attached hydrogen (secondary N) is 1. The Hall–Kier alpha value is -3.14. The minimum absolute atomic E-state index is 0.0715. The van der Waals surface area contributed by atoms with Crippen LogP contribution in [-0.2, 0) is 9.53 Å². The van der Waals surface area contributed by atoms with Gasteiger partial charge in [0, 0.05) is 34.9 Å². The van der Waals surface area contributed by atoms with E-state index in [1.807, 2.05) is 30.3 Å². The van der Waals surface area contributed by atoms with E-state index in [1.165, 1.54) is 0 Å². The highest BCUT2D eigenvalue weighted by Gasteiger charge is 2.71. The second kappa shape index (κ2) is 9.69. The van der Waals surface area contributed by atoms with Gasteiger partial charge in [0.1, 0.15) is 12.3 Å². The van der Waals surface area contributed by atoms with Gasteiger partial charge in [0.15, 0.2) is 0 Å². The number of aliphatic hydroxyl groups excluding tert-OH is 1. The Morgan fingerprint density at radius 2 is 1.86 bits per heavy atom. The van der Waals surface area contributed by atoms with Crippen LogP contribution in [0.4, 0.5) is 0 Å². The number of amides is 1. The number of fused-ring (bicyclic) bond motifs is 6. The highest BCUT2D eigenvalue weighted by atomic mass is 16.5. The average Bonchev–Trinajstić information content (AvgIpc) is 3.52. The summed E-state index contributed by atoms with van der Waals surface area (Å²) in [5.41, 5.74) is 1.22. The number of pyridine rings is 1. The molecule has 4 fully saturated rings. The maximum Gasteiger partial charge on any atom is 0.331 e. The van der Waals surface area contributed by atoms with Crippen molar-refractivity contribution < 1.29 is 29.6 Å². The highest BCUT2D eigenvalue weighted by molar-refractivity contribution is 5.95. The molecule has 4 N–H and O–H groups in total. The third-order valence-electron chi connectivity index (χ3n) is 11.9. The van der Waals surface area contributed by atoms with Crippen molar-refractivity contribution in [3.63, 3.8) is 0 Å². The number of aliphatic hydroxyl groups is 3. The number of benzene rings is 1. The summed E-state index contributed by atoms with van der Waals surface area (Å²) in [6.07, 6.45) is 8.00. The van der Waals surface area contributed by atoms with Crippen molar-refractivity contribution in [2.75, 3.05) is 6.61 Å². The zero-order valence-electron chi connectivity index (χ0n) is 24.0. The summed E-state index contributed by atoms with van der Waals surface area (Å²) in [6, 6.07) is 11.1. The highest BCUT2D eigenvalue weighted by Crippen LogP contribution is 2.70. The van der Waals surface area contributed by atoms with Gasteiger partial charge >= 0.3 is 5.97 Å². The van der Waals surface area contributed by atoms with Crippen molar-refractivity contribution in [2.24, 2.45) is 33.7 Å². The summed E-state index contributed by atoms with van der Waals surface area (Å²) >= 11 is 0. The fourth-order valence-electron chi connectivity index (χ4n) is 9.82. The number of para-hydroxylation sites is 1. The molecule has 1 aromatic heterocycles. The number of hydrogen-bond donors (Lipinski definition) is 4. The number of ether oxygens (including phenoxy) is 1. The van der Waals surface area contributed by atoms with Crippen molar-refractivity contribution in [3.8, 4) is 0 Å². The zero-order valence-corrected chi connectivity index (χ0v) is 24.0. The van der Waals surface area contributed by atoms with Gasteiger partial charge in [-0.15, -0.1) is 0 Å². The fraction of sp³-hybridized carbons (Fsp3) is 0.576. The van der Waals surface area contributed by atoms with Crippen LogP contribution >= 0.6 is 0 Å². The van der Waals surface area contributed by atoms with E-state index in [0.29, 0.717) is 38.7 Å². The lowest BCUT2D eigenvalue weighted by Crippen LogP contribution is -2.68. The quantitative estimate of drug-likeness (QED) is 0.249. The molecule has 0 saturated heterocycles. The summed E-state index contributed by atoms with van der Waals surface area (Å²) in [6.45, 7) is 2.46. The minimum atomic E-state index is -1.20. The third-order valence-corrected chi connectivity index (χ3v) is 11.9. The van der Waals surface area contributed by atoms with Gasteiger partial charge in [-0.3, -0.25) is 4.79 Å². The molecular formula is C33H39N3O6. The first-order valence-electron chi connectivity index (χ1n) is 15.3. The number of hydrazone groups is 1. The van der Waals surface area contributed by atoms with Crippen LogP contribution in [0.15, 0.2) is 53.1 Å². The number of esters is 1. The maximum absolute atomic E-state index is 13.1. The van der Waals surface area contributed by atoms with Gasteiger partial charge in [-0.1, -0.05) is 31.2 Å². The maximum atomic E-state index is 13.1. The Morgan fingerprint density at radius 3 is 2.67 bits per heavy atom. The van der Waals surface area contributed by atoms with Gasteiger partial charge in [0.2, 0.25) is 0 Å². The number of carbonyl (C=O) groups excluding carboxylic acids is 2. The second-order valence-electron chi connectivity index (χ2n) is 13.6. The van der Waals surface area contributed by atoms with Gasteiger partial charge in [0.05, 0.1) is 22.8 Å². The van der Waals surface area contributed by atoms with Crippen LogP contribution in [0.3, 0.4) is 0 Å². The number of cyclic esters (lactones) is 1. The number of aromatic nitrogens is 1. The predicted octanol–water partition coefficient (Wildman–Crippen LogP) is 3.66. The Labute approximate surface area is 245 Å². The van der Waals surface area contributed by atoms with E-state index < -0.39 is 34.0 Å². The molecule has 0 spiro atoms. The Balaban J connectivity index is 1.19. The zero-order chi connectivity index (χ0) is 29.3. The molecule has 9 nitrogen and oxygen atoms in total. The molecule has 0 unspecified atom stereocenters. The smallest absolute Gasteiger partial charge is 0.331 e. The van der Waals surface area contributed by atoms with E-state index in [-0.39, 0.29) is 35.8 Å². The van der Waals surface area contributed by atoms with Gasteiger partial charge in [-0.2, -0.15) is 5.10 Å². The number of rotatable bonds is 4. The van der Waals surface area contributed by atoms with Crippen LogP contribution in [-0.4, -0.2) is 62.3 Å². The van der Waals surface area contributed by atoms with Gasteiger partial charge in [0.25, 0.3) is 5.91 Å². The number of carbonyl (C=O) groups is 2. The molecule has 42 heavy (non-hydrogen) atoms. The molecule has 0 bridgehead atoms. The van der Waals surface area contributed by atoms with Crippen LogP contribution in [0.25, 0.3) is 10.9 Å². The molecule has 2 heterocycles. The van der Waals surface area contributed by atoms with Crippen molar-refractivity contribution in [1.82, 2.24) is 10.4 Å². The lowest BCUT2D eigenvalue weighted by molar-refractivity contribution is -0.237. The van der Waals surface area contributed by atoms with E-state index in [1.54, 1.807) is 18.4 Å². The molecule has 9 heteroatoms. The first-order chi connectivity index (χ1) is 20.1. The SMILES string of the molecule is C[C@]12CC[C@H]3[C@@H](CC[C@]4(O)C[C@H](O)CC[C@]34/C=N\NC(=O)c3ccc4ccccc4n3)[C@]1(O)CC[C@H]2C1=CC(=O)OC1. The molecule has 4 saturated carbocycles. The van der Waals surface area contributed by atoms with E-state index >= 15 is 0 Å². The largest absolute Gasteiger partial charge is 0.458 e. The monoisotopic (exact) mass is 573 g/mol. The van der Waals surface area contributed by atoms with Crippen LogP contribution in [0.1, 0.15) is 75.2 Å². The molecule has 1 aromatic carbocycles. The summed E-state index contributed by atoms with van der Waals surface area (Å²) < 4.78 is 5.24. The Bertz CT molecular complexity index is 1510. The molecule has 2 aromatic rings. The van der Waals surface area contributed by atoms with Crippen LogP contribution in [0.2, 0.25) is 0 Å². The number of hydrogen-bond acceptors (Lipinski definition) is 8. The van der Waals surface area contributed by atoms with Gasteiger partial charge < -0.3 is 20.1 Å². The summed E-state index contributed by atoms with van der Waals surface area (Å²) in [7, 11) is 0. The fourth-order valence-corrected chi connectivity index (χ4v) is 9.82. The average molecular weight is 574 g/mol. The van der Waals surface area contributed by atoms with Crippen LogP contribution < -0.4 is 5.43 Å². The lowest BCUT2D eigenvalue weighted by Gasteiger charge is -2.65. The molecule has 0 radical (unpaired) electrons. The topological polar surface area (TPSA) is 141 Å². The second-order valence-corrected chi connectivity index (χ2v) is 13.6. The van der Waals surface area contributed by atoms with E-state index in [4.69, 9.17) is 4.74 Å². The predicted molar refractivity (Wildman–Crippen MR) is 155 cm³/mol. The molecule has 8 atom stereocenters. The van der Waals surface area contributed by atoms with Crippen LogP contribution in [0, 0.1) is 28.6 Å². The van der Waals surface area contributed by atoms with Gasteiger partial charge in [-0.25, -0.2) is 15.2 Å². The van der Waals surface area contributed by atoms with Crippen LogP contribution in [0.5, 0.6) is 0 Å². The molecular weight excluding hydrogens is 534 g/mol. The molecule has 5 aliphatic rings. The van der Waals surface area contributed by atoms with Crippen molar-refractivity contribution in [3.05, 3.63) is 53.7 Å². The third kappa shape index (κ3) is 3.93. The Morgan fingerprint density at radius 1 is 1.05 bits per heavy atom. The first-order valence-corrected chi connectivity index (χ1v) is 15.3. The van der Waals surface area contributed by atoms with E-state index in [2.05, 4.69) is 22.4 Å². The summed E-state index contributed by atoms with van der Waals surface area (Å²) in [5.74, 6) is -0.829. The summed E-state index contributed by atoms with van der Waals surface area (Å²) in [5, 5.41) is 40.7. The standard InChI is InChI=1S/C33H39N3O6/c1-30-12-9-24-25(33(30,41)15-11-23(30)21-16-28(38)42-18-21)10-14-32(40)17-22(37)8-13-31(24,32)19-34-36-29(39)27-7-6-20-4-2-3-5-26(20)35-27/h2-7,16,19,22-25,37,40-41H,8-15,17-18H2,1H3,(H,36,39)/b34-19-/t22-,23+,24+,25-,30-,31+,32+,33-/m1/s1. The van der Waals surface area contributed by atoms with E-state index in [9.17, 15) is 24.9 Å². The molecule has 7 rings (SSSR count). The van der Waals surface area contributed by atoms with Gasteiger partial charge in [-0.05, 0) is 86.8 Å². The molecule has 4 aliphatic carbocycles. The molecule has 1 amide bonds. The lowest BCUT2D eigenvalue weighted by atomic mass is 9.41. The van der Waals surface area contributed by atoms with E-state index in [0.717, 1.165) is 35.7 Å². The van der Waals surface area contributed by atoms with Crippen molar-refractivity contribution in [1.29, 1.82) is 0 Å². The molecule has 222 valence electrons. The number of nitrogens with zero attached hydrogens (tertiary/aromatic N) is 2. The Kier molecular flexibility index (Phi) is 6.39. The molecule has 1 aliphatic heterocycles. The summed E-state index contributed by atoms with van der Waals surface area (Å²) in [4.78, 5) is 29.4. The normalized spacial score (nSPS) is 41.1. The first kappa shape index (κ1) is 27.7.